The van der Waals surface area contributed by atoms with Crippen LogP contribution in [0.15, 0.2) is 17.3 Å². The van der Waals surface area contributed by atoms with Gasteiger partial charge in [-0.15, -0.1) is 11.6 Å². The minimum Gasteiger partial charge on any atom is -0.266 e. The minimum absolute atomic E-state index is 0.0953. The molecule has 0 amide bonds. The van der Waals surface area contributed by atoms with Gasteiger partial charge in [0, 0.05) is 12.4 Å². The van der Waals surface area contributed by atoms with E-state index in [1.807, 2.05) is 6.92 Å². The van der Waals surface area contributed by atoms with Crippen molar-refractivity contribution >= 4 is 21.6 Å². The Balaban J connectivity index is 2.33. The summed E-state index contributed by atoms with van der Waals surface area (Å²) >= 11 is 5.65. The van der Waals surface area contributed by atoms with Crippen LogP contribution in [0, 0.1) is 5.92 Å². The van der Waals surface area contributed by atoms with Gasteiger partial charge in [-0.05, 0) is 24.8 Å². The molecule has 0 aromatic carbocycles. The summed E-state index contributed by atoms with van der Waals surface area (Å²) in [5, 5.41) is 6.11. The van der Waals surface area contributed by atoms with Gasteiger partial charge in [-0.2, -0.15) is 5.10 Å². The zero-order valence-electron chi connectivity index (χ0n) is 9.11. The third-order valence-electron chi connectivity index (χ3n) is 2.19. The molecule has 0 aliphatic rings. The van der Waals surface area contributed by atoms with Crippen molar-refractivity contribution in [1.29, 1.82) is 0 Å². The Morgan fingerprint density at radius 2 is 2.38 bits per heavy atom. The average molecular weight is 266 g/mol. The molecule has 1 unspecified atom stereocenters. The summed E-state index contributed by atoms with van der Waals surface area (Å²) in [7, 11) is -3.42. The fourth-order valence-electron chi connectivity index (χ4n) is 1.20. The summed E-state index contributed by atoms with van der Waals surface area (Å²) < 4.78 is 25.7. The topological polar surface area (TPSA) is 74.8 Å². The van der Waals surface area contributed by atoms with Crippen LogP contribution >= 0.6 is 11.6 Å². The maximum atomic E-state index is 11.6. The lowest BCUT2D eigenvalue weighted by molar-refractivity contribution is 0.542. The Hall–Kier alpha value is -0.590. The van der Waals surface area contributed by atoms with Crippen LogP contribution in [-0.2, 0) is 10.0 Å². The quantitative estimate of drug-likeness (QED) is 0.577. The van der Waals surface area contributed by atoms with E-state index in [0.717, 1.165) is 12.8 Å². The van der Waals surface area contributed by atoms with Crippen LogP contribution in [0.5, 0.6) is 0 Å². The number of nitrogens with zero attached hydrogens (tertiary/aromatic N) is 1. The van der Waals surface area contributed by atoms with E-state index in [2.05, 4.69) is 14.9 Å². The second kappa shape index (κ2) is 6.22. The van der Waals surface area contributed by atoms with Crippen molar-refractivity contribution in [3.8, 4) is 0 Å². The zero-order chi connectivity index (χ0) is 12.0. The molecule has 1 aromatic heterocycles. The highest BCUT2D eigenvalue weighted by Gasteiger charge is 2.14. The zero-order valence-corrected chi connectivity index (χ0v) is 10.7. The van der Waals surface area contributed by atoms with Crippen molar-refractivity contribution in [3.05, 3.63) is 12.3 Å². The van der Waals surface area contributed by atoms with Gasteiger partial charge in [-0.1, -0.05) is 6.92 Å². The number of sulfonamides is 1. The van der Waals surface area contributed by atoms with Gasteiger partial charge in [0.05, 0.1) is 6.20 Å². The minimum atomic E-state index is -3.42. The van der Waals surface area contributed by atoms with Crippen LogP contribution in [0.1, 0.15) is 19.8 Å². The number of H-pyrrole nitrogens is 1. The third-order valence-corrected chi connectivity index (χ3v) is 4.11. The molecule has 5 nitrogen and oxygen atoms in total. The number of halogens is 1. The maximum absolute atomic E-state index is 11.6. The van der Waals surface area contributed by atoms with Crippen molar-refractivity contribution in [1.82, 2.24) is 14.9 Å². The first-order valence-electron chi connectivity index (χ1n) is 5.11. The lowest BCUT2D eigenvalue weighted by atomic mass is 10.1. The smallest absolute Gasteiger partial charge is 0.257 e. The van der Waals surface area contributed by atoms with Crippen molar-refractivity contribution < 1.29 is 8.42 Å². The summed E-state index contributed by atoms with van der Waals surface area (Å²) in [5.41, 5.74) is 0. The van der Waals surface area contributed by atoms with Gasteiger partial charge in [0.15, 0.2) is 5.03 Å². The molecule has 0 fully saturated rings. The number of hydrogen-bond acceptors (Lipinski definition) is 3. The number of hydrogen-bond donors (Lipinski definition) is 2. The van der Waals surface area contributed by atoms with Crippen LogP contribution in [0.3, 0.4) is 0 Å². The van der Waals surface area contributed by atoms with Gasteiger partial charge >= 0.3 is 0 Å². The molecule has 0 aliphatic carbocycles. The molecule has 1 rings (SSSR count). The molecular formula is C9H16ClN3O2S. The first-order chi connectivity index (χ1) is 7.56. The lowest BCUT2D eigenvalue weighted by Crippen LogP contribution is -2.25. The van der Waals surface area contributed by atoms with Gasteiger partial charge in [0.2, 0.25) is 0 Å². The van der Waals surface area contributed by atoms with Crippen molar-refractivity contribution in [2.45, 2.75) is 24.8 Å². The van der Waals surface area contributed by atoms with E-state index in [1.165, 1.54) is 12.3 Å². The average Bonchev–Trinajstić information content (AvgIpc) is 2.78. The van der Waals surface area contributed by atoms with Gasteiger partial charge in [0.25, 0.3) is 10.0 Å². The number of aromatic amines is 1. The van der Waals surface area contributed by atoms with Gasteiger partial charge in [0.1, 0.15) is 0 Å². The monoisotopic (exact) mass is 265 g/mol. The highest BCUT2D eigenvalue weighted by molar-refractivity contribution is 7.89. The second-order valence-corrected chi connectivity index (χ2v) is 5.76. The number of alkyl halides is 1. The first-order valence-corrected chi connectivity index (χ1v) is 7.13. The van der Waals surface area contributed by atoms with E-state index < -0.39 is 10.0 Å². The third kappa shape index (κ3) is 4.11. The molecule has 16 heavy (non-hydrogen) atoms. The first kappa shape index (κ1) is 13.5. The standard InChI is InChI=1S/C9H16ClN3O2S/c1-8(7-10)3-2-5-12-16(14,15)9-4-6-11-13-9/h4,6,8,12H,2-3,5,7H2,1H3,(H,11,13). The maximum Gasteiger partial charge on any atom is 0.257 e. The normalized spacial score (nSPS) is 13.9. The molecule has 7 heteroatoms. The predicted molar refractivity (Wildman–Crippen MR) is 62.9 cm³/mol. The van der Waals surface area contributed by atoms with Gasteiger partial charge in [-0.25, -0.2) is 13.1 Å². The molecule has 0 saturated heterocycles. The van der Waals surface area contributed by atoms with E-state index in [4.69, 9.17) is 11.6 Å². The fourth-order valence-corrected chi connectivity index (χ4v) is 2.34. The van der Waals surface area contributed by atoms with Gasteiger partial charge in [-0.3, -0.25) is 5.10 Å². The Bertz CT molecular complexity index is 391. The molecule has 0 radical (unpaired) electrons. The molecule has 2 N–H and O–H groups in total. The molecule has 0 saturated carbocycles. The van der Waals surface area contributed by atoms with Crippen LogP contribution < -0.4 is 4.72 Å². The number of aromatic nitrogens is 2. The molecule has 0 spiro atoms. The van der Waals surface area contributed by atoms with Crippen LogP contribution in [-0.4, -0.2) is 31.0 Å². The van der Waals surface area contributed by atoms with Crippen LogP contribution in [0.2, 0.25) is 0 Å². The van der Waals surface area contributed by atoms with E-state index in [0.29, 0.717) is 18.3 Å². The van der Waals surface area contributed by atoms with Crippen LogP contribution in [0.25, 0.3) is 0 Å². The lowest BCUT2D eigenvalue weighted by Gasteiger charge is -2.07. The molecule has 1 atom stereocenters. The van der Waals surface area contributed by atoms with E-state index in [9.17, 15) is 8.42 Å². The van der Waals surface area contributed by atoms with Gasteiger partial charge < -0.3 is 0 Å². The Labute approximate surface area is 101 Å². The highest BCUT2D eigenvalue weighted by Crippen LogP contribution is 2.07. The number of rotatable bonds is 7. The predicted octanol–water partition coefficient (Wildman–Crippen LogP) is 1.34. The van der Waals surface area contributed by atoms with E-state index >= 15 is 0 Å². The summed E-state index contributed by atoms with van der Waals surface area (Å²) in [6.07, 6.45) is 3.10. The Kier molecular flexibility index (Phi) is 5.24. The fraction of sp³-hybridized carbons (Fsp3) is 0.667. The Morgan fingerprint density at radius 3 is 2.94 bits per heavy atom. The molecule has 92 valence electrons. The summed E-state index contributed by atoms with van der Waals surface area (Å²) in [5.74, 6) is 1.02. The SMILES string of the molecule is CC(CCl)CCCNS(=O)(=O)c1ccn[nH]1. The molecule has 0 bridgehead atoms. The van der Waals surface area contributed by atoms with E-state index in [-0.39, 0.29) is 5.03 Å². The van der Waals surface area contributed by atoms with Crippen molar-refractivity contribution in [2.75, 3.05) is 12.4 Å². The summed E-state index contributed by atoms with van der Waals surface area (Å²) in [4.78, 5) is 0. The molecular weight excluding hydrogens is 250 g/mol. The highest BCUT2D eigenvalue weighted by atomic mass is 35.5. The summed E-state index contributed by atoms with van der Waals surface area (Å²) in [6.45, 7) is 2.46. The molecule has 0 aliphatic heterocycles. The van der Waals surface area contributed by atoms with Crippen LogP contribution in [0.4, 0.5) is 0 Å². The van der Waals surface area contributed by atoms with Crippen molar-refractivity contribution in [2.24, 2.45) is 5.92 Å². The molecule has 1 aromatic rings. The Morgan fingerprint density at radius 1 is 1.62 bits per heavy atom. The summed E-state index contributed by atoms with van der Waals surface area (Å²) in [6, 6.07) is 1.42. The largest absolute Gasteiger partial charge is 0.266 e. The molecule has 1 heterocycles. The second-order valence-electron chi connectivity index (χ2n) is 3.72. The number of nitrogens with one attached hydrogen (secondary N) is 2. The van der Waals surface area contributed by atoms with Crippen molar-refractivity contribution in [3.63, 3.8) is 0 Å². The van der Waals surface area contributed by atoms with E-state index in [1.54, 1.807) is 0 Å².